The van der Waals surface area contributed by atoms with Crippen molar-refractivity contribution in [3.05, 3.63) is 29.3 Å². The van der Waals surface area contributed by atoms with E-state index in [9.17, 15) is 9.59 Å². The summed E-state index contributed by atoms with van der Waals surface area (Å²) in [5, 5.41) is 0. The largest absolute Gasteiger partial charge is 0.462 e. The molecule has 0 N–H and O–H groups in total. The summed E-state index contributed by atoms with van der Waals surface area (Å²) in [6.45, 7) is 1.43. The minimum atomic E-state index is -0.847. The summed E-state index contributed by atoms with van der Waals surface area (Å²) in [6, 6.07) is 5.89. The second-order valence-corrected chi connectivity index (χ2v) is 6.71. The third-order valence-electron chi connectivity index (χ3n) is 4.11. The number of esters is 1. The zero-order chi connectivity index (χ0) is 16.9. The average molecular weight is 348 g/mol. The molecule has 1 saturated heterocycles. The van der Waals surface area contributed by atoms with E-state index in [1.54, 1.807) is 16.8 Å². The molecule has 2 heterocycles. The Morgan fingerprint density at radius 1 is 1.42 bits per heavy atom. The molecule has 6 nitrogen and oxygen atoms in total. The van der Waals surface area contributed by atoms with Gasteiger partial charge in [0, 0.05) is 19.7 Å². The Balaban J connectivity index is 1.76. The van der Waals surface area contributed by atoms with E-state index in [1.807, 2.05) is 18.2 Å². The zero-order valence-corrected chi connectivity index (χ0v) is 14.4. The topological polar surface area (TPSA) is 68.7 Å². The number of hydrogen-bond donors (Lipinski definition) is 0. The lowest BCUT2D eigenvalue weighted by Crippen LogP contribution is -2.42. The van der Waals surface area contributed by atoms with Crippen LogP contribution in [-0.2, 0) is 25.6 Å². The predicted molar refractivity (Wildman–Crippen MR) is 90.6 cm³/mol. The molecule has 0 saturated carbocycles. The van der Waals surface area contributed by atoms with Crippen LogP contribution in [0.2, 0.25) is 0 Å². The highest BCUT2D eigenvalue weighted by atomic mass is 32.1. The van der Waals surface area contributed by atoms with Crippen LogP contribution < -0.4 is 0 Å². The average Bonchev–Trinajstić information content (AvgIpc) is 3.08. The Morgan fingerprint density at radius 3 is 3.04 bits per heavy atom. The van der Waals surface area contributed by atoms with Gasteiger partial charge < -0.3 is 14.4 Å². The van der Waals surface area contributed by atoms with Gasteiger partial charge in [-0.1, -0.05) is 6.07 Å². The Hall–Kier alpha value is -1.99. The van der Waals surface area contributed by atoms with Gasteiger partial charge >= 0.3 is 11.9 Å². The fraction of sp³-hybridized carbons (Fsp3) is 0.471. The molecule has 3 rings (SSSR count). The van der Waals surface area contributed by atoms with Gasteiger partial charge in [-0.2, -0.15) is 0 Å². The van der Waals surface area contributed by atoms with Gasteiger partial charge in [0.25, 0.3) is 0 Å². The first-order chi connectivity index (χ1) is 11.7. The first kappa shape index (κ1) is 16.9. The van der Waals surface area contributed by atoms with Gasteiger partial charge in [-0.25, -0.2) is 9.78 Å². The predicted octanol–water partition coefficient (Wildman–Crippen LogP) is 2.37. The molecule has 1 aliphatic heterocycles. The first-order valence-electron chi connectivity index (χ1n) is 7.98. The second kappa shape index (κ2) is 7.72. The SMILES string of the molecule is COC(=O)C(=O)N(Cc1ccc2scnc2c1)CC1CCCCO1. The van der Waals surface area contributed by atoms with Crippen molar-refractivity contribution in [1.82, 2.24) is 9.88 Å². The Bertz CT molecular complexity index is 724. The highest BCUT2D eigenvalue weighted by Gasteiger charge is 2.27. The Kier molecular flexibility index (Phi) is 5.42. The summed E-state index contributed by atoms with van der Waals surface area (Å²) in [4.78, 5) is 29.8. The fourth-order valence-corrected chi connectivity index (χ4v) is 3.51. The van der Waals surface area contributed by atoms with Crippen LogP contribution in [0.25, 0.3) is 10.2 Å². The van der Waals surface area contributed by atoms with Crippen LogP contribution in [0.3, 0.4) is 0 Å². The third kappa shape index (κ3) is 3.91. The van der Waals surface area contributed by atoms with Crippen LogP contribution in [0, 0.1) is 0 Å². The van der Waals surface area contributed by atoms with Crippen molar-refractivity contribution in [2.45, 2.75) is 31.9 Å². The number of ether oxygens (including phenoxy) is 2. The molecule has 1 fully saturated rings. The van der Waals surface area contributed by atoms with Crippen LogP contribution in [0.1, 0.15) is 24.8 Å². The number of carbonyl (C=O) groups is 2. The fourth-order valence-electron chi connectivity index (χ4n) is 2.86. The molecule has 1 aliphatic rings. The van der Waals surface area contributed by atoms with Crippen molar-refractivity contribution in [2.24, 2.45) is 0 Å². The number of methoxy groups -OCH3 is 1. The molecule has 1 amide bonds. The standard InChI is InChI=1S/C17H20N2O4S/c1-22-17(21)16(20)19(10-13-4-2-3-7-23-13)9-12-5-6-15-14(8-12)18-11-24-15/h5-6,8,11,13H,2-4,7,9-10H2,1H3. The summed E-state index contributed by atoms with van der Waals surface area (Å²) >= 11 is 1.57. The maximum atomic E-state index is 12.3. The van der Waals surface area contributed by atoms with Gasteiger partial charge in [0.2, 0.25) is 0 Å². The summed E-state index contributed by atoms with van der Waals surface area (Å²) in [6.07, 6.45) is 2.99. The van der Waals surface area contributed by atoms with E-state index in [0.29, 0.717) is 19.7 Å². The maximum absolute atomic E-state index is 12.3. The van der Waals surface area contributed by atoms with Crippen LogP contribution in [0.4, 0.5) is 0 Å². The van der Waals surface area contributed by atoms with E-state index in [-0.39, 0.29) is 6.10 Å². The highest BCUT2D eigenvalue weighted by molar-refractivity contribution is 7.16. The van der Waals surface area contributed by atoms with E-state index >= 15 is 0 Å². The molecule has 1 atom stereocenters. The molecule has 7 heteroatoms. The van der Waals surface area contributed by atoms with Crippen molar-refractivity contribution < 1.29 is 19.1 Å². The highest BCUT2D eigenvalue weighted by Crippen LogP contribution is 2.21. The molecule has 0 aliphatic carbocycles. The smallest absolute Gasteiger partial charge is 0.396 e. The van der Waals surface area contributed by atoms with E-state index in [2.05, 4.69) is 9.72 Å². The van der Waals surface area contributed by atoms with Gasteiger partial charge in [-0.05, 0) is 37.0 Å². The minimum absolute atomic E-state index is 0.0321. The quantitative estimate of drug-likeness (QED) is 0.627. The van der Waals surface area contributed by atoms with E-state index in [0.717, 1.165) is 35.0 Å². The molecule has 128 valence electrons. The minimum Gasteiger partial charge on any atom is -0.462 e. The molecule has 1 aromatic carbocycles. The van der Waals surface area contributed by atoms with E-state index in [4.69, 9.17) is 4.74 Å². The van der Waals surface area contributed by atoms with Crippen LogP contribution in [-0.4, -0.2) is 48.1 Å². The van der Waals surface area contributed by atoms with Crippen molar-refractivity contribution in [1.29, 1.82) is 0 Å². The number of fused-ring (bicyclic) bond motifs is 1. The molecule has 0 spiro atoms. The normalized spacial score (nSPS) is 17.6. The Morgan fingerprint density at radius 2 is 2.29 bits per heavy atom. The van der Waals surface area contributed by atoms with Gasteiger partial charge in [0.15, 0.2) is 0 Å². The lowest BCUT2D eigenvalue weighted by Gasteiger charge is -2.29. The summed E-state index contributed by atoms with van der Waals surface area (Å²) in [5.74, 6) is -1.48. The number of rotatable bonds is 4. The van der Waals surface area contributed by atoms with E-state index < -0.39 is 11.9 Å². The second-order valence-electron chi connectivity index (χ2n) is 5.82. The monoisotopic (exact) mass is 348 g/mol. The number of amides is 1. The number of nitrogens with zero attached hydrogens (tertiary/aromatic N) is 2. The van der Waals surface area contributed by atoms with Crippen molar-refractivity contribution in [2.75, 3.05) is 20.3 Å². The van der Waals surface area contributed by atoms with Crippen LogP contribution in [0.5, 0.6) is 0 Å². The molecule has 2 aromatic rings. The molecular weight excluding hydrogens is 328 g/mol. The number of aromatic nitrogens is 1. The Labute approximate surface area is 144 Å². The van der Waals surface area contributed by atoms with Crippen molar-refractivity contribution in [3.63, 3.8) is 0 Å². The van der Waals surface area contributed by atoms with Gasteiger partial charge in [0.1, 0.15) is 0 Å². The third-order valence-corrected chi connectivity index (χ3v) is 4.92. The number of hydrogen-bond acceptors (Lipinski definition) is 6. The summed E-state index contributed by atoms with van der Waals surface area (Å²) in [7, 11) is 1.22. The van der Waals surface area contributed by atoms with Crippen molar-refractivity contribution in [3.8, 4) is 0 Å². The zero-order valence-electron chi connectivity index (χ0n) is 13.6. The van der Waals surface area contributed by atoms with E-state index in [1.165, 1.54) is 12.0 Å². The number of thiazole rings is 1. The van der Waals surface area contributed by atoms with Crippen LogP contribution >= 0.6 is 11.3 Å². The molecule has 1 aromatic heterocycles. The molecule has 0 radical (unpaired) electrons. The molecule has 1 unspecified atom stereocenters. The molecule has 0 bridgehead atoms. The molecule has 24 heavy (non-hydrogen) atoms. The first-order valence-corrected chi connectivity index (χ1v) is 8.86. The summed E-state index contributed by atoms with van der Waals surface area (Å²) < 4.78 is 11.4. The summed E-state index contributed by atoms with van der Waals surface area (Å²) in [5.41, 5.74) is 3.63. The maximum Gasteiger partial charge on any atom is 0.396 e. The van der Waals surface area contributed by atoms with Gasteiger partial charge in [-0.3, -0.25) is 4.79 Å². The number of carbonyl (C=O) groups excluding carboxylic acids is 2. The molecular formula is C17H20N2O4S. The van der Waals surface area contributed by atoms with Crippen LogP contribution in [0.15, 0.2) is 23.7 Å². The van der Waals surface area contributed by atoms with Gasteiger partial charge in [0.05, 0.1) is 28.9 Å². The van der Waals surface area contributed by atoms with Crippen molar-refractivity contribution >= 4 is 33.4 Å². The lowest BCUT2D eigenvalue weighted by molar-refractivity contribution is -0.159. The lowest BCUT2D eigenvalue weighted by atomic mass is 10.1. The number of benzene rings is 1. The van der Waals surface area contributed by atoms with Gasteiger partial charge in [-0.15, -0.1) is 11.3 Å².